The van der Waals surface area contributed by atoms with Gasteiger partial charge >= 0.3 is 0 Å². The fourth-order valence-electron chi connectivity index (χ4n) is 2.21. The Balaban J connectivity index is 1.88. The van der Waals surface area contributed by atoms with E-state index in [1.165, 1.54) is 0 Å². The summed E-state index contributed by atoms with van der Waals surface area (Å²) in [5, 5.41) is 3.24. The third kappa shape index (κ3) is 3.09. The predicted molar refractivity (Wildman–Crippen MR) is 90.1 cm³/mol. The number of pyridine rings is 1. The second-order valence-corrected chi connectivity index (χ2v) is 7.36. The molecule has 0 unspecified atom stereocenters. The van der Waals surface area contributed by atoms with Gasteiger partial charge in [0.1, 0.15) is 10.7 Å². The van der Waals surface area contributed by atoms with Crippen LogP contribution in [0.3, 0.4) is 0 Å². The van der Waals surface area contributed by atoms with Gasteiger partial charge in [-0.05, 0) is 19.1 Å². The normalized spacial score (nSPS) is 11.8. The molecule has 0 saturated carbocycles. The SMILES string of the molecule is Cc1cccc(-c2nccn2Cc2nc(C(C)(C)C)cs2)n1. The minimum atomic E-state index is 0.0879. The Hall–Kier alpha value is -2.01. The molecule has 0 fully saturated rings. The van der Waals surface area contributed by atoms with Gasteiger partial charge in [-0.3, -0.25) is 0 Å². The summed E-state index contributed by atoms with van der Waals surface area (Å²) in [5.41, 5.74) is 3.13. The van der Waals surface area contributed by atoms with Gasteiger partial charge in [-0.15, -0.1) is 11.3 Å². The van der Waals surface area contributed by atoms with Gasteiger partial charge < -0.3 is 4.57 Å². The number of thiazole rings is 1. The Bertz CT molecular complexity index is 780. The van der Waals surface area contributed by atoms with Gasteiger partial charge in [0.15, 0.2) is 5.82 Å². The van der Waals surface area contributed by atoms with Gasteiger partial charge in [0, 0.05) is 28.9 Å². The van der Waals surface area contributed by atoms with Crippen molar-refractivity contribution in [2.45, 2.75) is 39.7 Å². The minimum Gasteiger partial charge on any atom is -0.323 e. The molecule has 0 aliphatic heterocycles. The summed E-state index contributed by atoms with van der Waals surface area (Å²) >= 11 is 1.70. The summed E-state index contributed by atoms with van der Waals surface area (Å²) < 4.78 is 2.10. The molecule has 3 aromatic heterocycles. The largest absolute Gasteiger partial charge is 0.323 e. The highest BCUT2D eigenvalue weighted by Crippen LogP contribution is 2.25. The van der Waals surface area contributed by atoms with E-state index in [-0.39, 0.29) is 5.41 Å². The van der Waals surface area contributed by atoms with Gasteiger partial charge in [-0.25, -0.2) is 15.0 Å². The minimum absolute atomic E-state index is 0.0879. The van der Waals surface area contributed by atoms with Gasteiger partial charge in [0.05, 0.1) is 12.2 Å². The lowest BCUT2D eigenvalue weighted by Crippen LogP contribution is -2.12. The van der Waals surface area contributed by atoms with Crippen LogP contribution in [0.2, 0.25) is 0 Å². The van der Waals surface area contributed by atoms with Crippen LogP contribution in [0.15, 0.2) is 36.0 Å². The second-order valence-electron chi connectivity index (χ2n) is 6.42. The summed E-state index contributed by atoms with van der Waals surface area (Å²) in [6.45, 7) is 9.28. The van der Waals surface area contributed by atoms with E-state index in [9.17, 15) is 0 Å². The van der Waals surface area contributed by atoms with E-state index in [2.05, 4.69) is 40.7 Å². The van der Waals surface area contributed by atoms with Crippen LogP contribution >= 0.6 is 11.3 Å². The lowest BCUT2D eigenvalue weighted by atomic mass is 9.93. The first-order chi connectivity index (χ1) is 10.4. The number of aromatic nitrogens is 4. The van der Waals surface area contributed by atoms with E-state index in [1.54, 1.807) is 11.3 Å². The van der Waals surface area contributed by atoms with Gasteiger partial charge in [0.25, 0.3) is 0 Å². The predicted octanol–water partition coefficient (Wildman–Crippen LogP) is 4.06. The van der Waals surface area contributed by atoms with Crippen molar-refractivity contribution in [3.63, 3.8) is 0 Å². The highest BCUT2D eigenvalue weighted by molar-refractivity contribution is 7.09. The number of rotatable bonds is 3. The monoisotopic (exact) mass is 312 g/mol. The van der Waals surface area contributed by atoms with E-state index in [0.717, 1.165) is 34.5 Å². The molecule has 0 amide bonds. The first kappa shape index (κ1) is 14.9. The lowest BCUT2D eigenvalue weighted by Gasteiger charge is -2.14. The first-order valence-corrected chi connectivity index (χ1v) is 8.21. The molecule has 0 saturated heterocycles. The molecule has 0 aliphatic carbocycles. The molecule has 0 aromatic carbocycles. The standard InChI is InChI=1S/C17H20N4S/c1-12-6-5-7-13(19-12)16-18-8-9-21(16)10-15-20-14(11-22-15)17(2,3)4/h5-9,11H,10H2,1-4H3. The summed E-state index contributed by atoms with van der Waals surface area (Å²) in [5.74, 6) is 0.885. The molecule has 3 heterocycles. The van der Waals surface area contributed by atoms with Crippen LogP contribution in [0.5, 0.6) is 0 Å². The van der Waals surface area contributed by atoms with Crippen molar-refractivity contribution in [3.05, 3.63) is 52.4 Å². The van der Waals surface area contributed by atoms with Crippen molar-refractivity contribution < 1.29 is 0 Å². The molecular weight excluding hydrogens is 292 g/mol. The summed E-state index contributed by atoms with van der Waals surface area (Å²) in [6.07, 6.45) is 3.80. The van der Waals surface area contributed by atoms with Crippen molar-refractivity contribution in [3.8, 4) is 11.5 Å². The topological polar surface area (TPSA) is 43.6 Å². The van der Waals surface area contributed by atoms with E-state index >= 15 is 0 Å². The van der Waals surface area contributed by atoms with Crippen LogP contribution in [0.4, 0.5) is 0 Å². The molecule has 0 spiro atoms. The Morgan fingerprint density at radius 1 is 1.18 bits per heavy atom. The van der Waals surface area contributed by atoms with Crippen LogP contribution in [0.1, 0.15) is 37.2 Å². The third-order valence-electron chi connectivity index (χ3n) is 3.46. The Kier molecular flexibility index (Phi) is 3.83. The molecule has 0 bridgehead atoms. The van der Waals surface area contributed by atoms with Gasteiger partial charge in [0.2, 0.25) is 0 Å². The van der Waals surface area contributed by atoms with Gasteiger partial charge in [-0.1, -0.05) is 26.8 Å². The van der Waals surface area contributed by atoms with Crippen LogP contribution in [0, 0.1) is 6.92 Å². The summed E-state index contributed by atoms with van der Waals surface area (Å²) in [4.78, 5) is 13.8. The molecule has 3 rings (SSSR count). The van der Waals surface area contributed by atoms with Crippen molar-refractivity contribution in [2.24, 2.45) is 0 Å². The maximum Gasteiger partial charge on any atom is 0.159 e. The number of imidazole rings is 1. The van der Waals surface area contributed by atoms with Crippen molar-refractivity contribution in [1.29, 1.82) is 0 Å². The van der Waals surface area contributed by atoms with Gasteiger partial charge in [-0.2, -0.15) is 0 Å². The fourth-order valence-corrected chi connectivity index (χ4v) is 3.23. The van der Waals surface area contributed by atoms with Crippen LogP contribution in [-0.4, -0.2) is 19.5 Å². The number of hydrogen-bond acceptors (Lipinski definition) is 4. The molecule has 3 aromatic rings. The van der Waals surface area contributed by atoms with Crippen molar-refractivity contribution in [2.75, 3.05) is 0 Å². The van der Waals surface area contributed by atoms with Crippen LogP contribution < -0.4 is 0 Å². The van der Waals surface area contributed by atoms with Crippen molar-refractivity contribution in [1.82, 2.24) is 19.5 Å². The highest BCUT2D eigenvalue weighted by atomic mass is 32.1. The molecule has 0 N–H and O–H groups in total. The zero-order valence-corrected chi connectivity index (χ0v) is 14.2. The summed E-state index contributed by atoms with van der Waals surface area (Å²) in [6, 6.07) is 6.00. The number of nitrogens with zero attached hydrogens (tertiary/aromatic N) is 4. The molecule has 0 aliphatic rings. The summed E-state index contributed by atoms with van der Waals surface area (Å²) in [7, 11) is 0. The average molecular weight is 312 g/mol. The Labute approximate surface area is 134 Å². The van der Waals surface area contributed by atoms with E-state index < -0.39 is 0 Å². The fraction of sp³-hybridized carbons (Fsp3) is 0.353. The van der Waals surface area contributed by atoms with E-state index in [4.69, 9.17) is 4.98 Å². The van der Waals surface area contributed by atoms with Crippen molar-refractivity contribution >= 4 is 11.3 Å². The molecule has 0 atom stereocenters. The maximum atomic E-state index is 4.76. The van der Waals surface area contributed by atoms with Crippen LogP contribution in [-0.2, 0) is 12.0 Å². The van der Waals surface area contributed by atoms with Crippen LogP contribution in [0.25, 0.3) is 11.5 Å². The quantitative estimate of drug-likeness (QED) is 0.732. The Morgan fingerprint density at radius 2 is 2.00 bits per heavy atom. The highest BCUT2D eigenvalue weighted by Gasteiger charge is 2.18. The first-order valence-electron chi connectivity index (χ1n) is 7.33. The maximum absolute atomic E-state index is 4.76. The zero-order chi connectivity index (χ0) is 15.7. The average Bonchev–Trinajstić information content (AvgIpc) is 3.08. The molecule has 4 nitrogen and oxygen atoms in total. The molecule has 22 heavy (non-hydrogen) atoms. The van der Waals surface area contributed by atoms with E-state index in [0.29, 0.717) is 0 Å². The number of aryl methyl sites for hydroxylation is 1. The molecule has 5 heteroatoms. The zero-order valence-electron chi connectivity index (χ0n) is 13.4. The Morgan fingerprint density at radius 3 is 2.68 bits per heavy atom. The van der Waals surface area contributed by atoms with E-state index in [1.807, 2.05) is 37.5 Å². The molecular formula is C17H20N4S. The molecule has 114 valence electrons. The third-order valence-corrected chi connectivity index (χ3v) is 4.29. The molecule has 0 radical (unpaired) electrons. The lowest BCUT2D eigenvalue weighted by molar-refractivity contribution is 0.569. The number of hydrogen-bond donors (Lipinski definition) is 0. The second kappa shape index (κ2) is 5.65. The smallest absolute Gasteiger partial charge is 0.159 e.